The molecular weight excluding hydrogens is 1280 g/mol. The Balaban J connectivity index is 3.76. The summed E-state index contributed by atoms with van der Waals surface area (Å²) >= 11 is 0. The van der Waals surface area contributed by atoms with E-state index in [-0.39, 0.29) is 50.7 Å². The molecule has 94 heavy (non-hydrogen) atoms. The number of amides is 14. The average molecular weight is 1380 g/mol. The number of carbonyl (C=O) groups excluding carboxylic acids is 14. The van der Waals surface area contributed by atoms with Gasteiger partial charge in [-0.3, -0.25) is 76.9 Å². The van der Waals surface area contributed by atoms with E-state index in [1.165, 1.54) is 6.92 Å². The van der Waals surface area contributed by atoms with Gasteiger partial charge in [-0.25, -0.2) is 0 Å². The van der Waals surface area contributed by atoms with Gasteiger partial charge in [-0.1, -0.05) is 41.9 Å². The Morgan fingerprint density at radius 1 is 0.574 bits per heavy atom. The van der Waals surface area contributed by atoms with Crippen molar-refractivity contribution in [3.05, 3.63) is 0 Å². The Kier molecular flexibility index (Phi) is 37.6. The molecule has 0 aromatic rings. The molecule has 16 atom stereocenters. The summed E-state index contributed by atoms with van der Waals surface area (Å²) < 4.78 is 0. The first-order chi connectivity index (χ1) is 43.8. The third kappa shape index (κ3) is 31.2. The number of primary amides is 2. The van der Waals surface area contributed by atoms with Gasteiger partial charge < -0.3 is 119 Å². The van der Waals surface area contributed by atoms with E-state index in [0.29, 0.717) is 12.8 Å². The highest BCUT2D eigenvalue weighted by Crippen LogP contribution is 2.24. The van der Waals surface area contributed by atoms with Crippen molar-refractivity contribution in [3.8, 4) is 0 Å². The number of rotatable bonds is 33. The Morgan fingerprint density at radius 3 is 1.65 bits per heavy atom. The summed E-state index contributed by atoms with van der Waals surface area (Å²) in [6, 6.07) is -21.3. The van der Waals surface area contributed by atoms with Crippen LogP contribution in [0.15, 0.2) is 4.99 Å². The topological polar surface area (TPSA) is 650 Å². The maximum absolute atomic E-state index is 14.3. The fraction of sp³-hybridized carbons (Fsp3) is 0.704. The molecule has 1 aliphatic heterocycles. The number of aliphatic hydroxyl groups excluding tert-OH is 3. The molecule has 532 valence electrons. The first kappa shape index (κ1) is 83.8. The minimum atomic E-state index is -1.96. The molecule has 1 fully saturated rings. The maximum atomic E-state index is 14.3. The van der Waals surface area contributed by atoms with Crippen LogP contribution >= 0.6 is 21.6 Å². The van der Waals surface area contributed by atoms with E-state index >= 15 is 0 Å². The smallest absolute Gasteiger partial charge is 0.325 e. The molecule has 40 heteroatoms. The lowest BCUT2D eigenvalue weighted by Gasteiger charge is -2.29. The second-order valence-electron chi connectivity index (χ2n) is 22.8. The second kappa shape index (κ2) is 42.2. The molecule has 0 spiro atoms. The number of nitrogens with one attached hydrogen (secondary N) is 12. The van der Waals surface area contributed by atoms with Crippen LogP contribution in [0.5, 0.6) is 0 Å². The number of aliphatic hydroxyl groups is 3. The van der Waals surface area contributed by atoms with E-state index in [1.807, 2.05) is 0 Å². The summed E-state index contributed by atoms with van der Waals surface area (Å²) in [5.41, 5.74) is 33.4. The lowest BCUT2D eigenvalue weighted by molar-refractivity contribution is -0.142. The van der Waals surface area contributed by atoms with Crippen LogP contribution in [0.3, 0.4) is 0 Å². The first-order valence-corrected chi connectivity index (χ1v) is 32.5. The summed E-state index contributed by atoms with van der Waals surface area (Å²) in [4.78, 5) is 205. The predicted octanol–water partition coefficient (Wildman–Crippen LogP) is -9.82. The number of nitrogens with zero attached hydrogens (tertiary/aromatic N) is 1. The van der Waals surface area contributed by atoms with Gasteiger partial charge in [0.05, 0.1) is 30.8 Å². The molecule has 14 amide bonds. The molecule has 38 nitrogen and oxygen atoms in total. The summed E-state index contributed by atoms with van der Waals surface area (Å²) in [6.07, 6.45) is -6.28. The van der Waals surface area contributed by atoms with Crippen LogP contribution in [-0.2, 0) is 71.9 Å². The molecule has 1 rings (SSSR count). The van der Waals surface area contributed by atoms with Crippen molar-refractivity contribution in [2.45, 2.75) is 210 Å². The average Bonchev–Trinajstić information content (AvgIpc) is 0.888. The Hall–Kier alpha value is -8.18. The van der Waals surface area contributed by atoms with E-state index in [0.717, 1.165) is 56.2 Å². The van der Waals surface area contributed by atoms with Gasteiger partial charge >= 0.3 is 5.97 Å². The molecule has 0 aromatic heterocycles. The monoisotopic (exact) mass is 1380 g/mol. The highest BCUT2D eigenvalue weighted by Gasteiger charge is 2.39. The third-order valence-corrected chi connectivity index (χ3v) is 16.2. The molecule has 0 aromatic carbocycles. The van der Waals surface area contributed by atoms with Gasteiger partial charge in [-0.15, -0.1) is 0 Å². The van der Waals surface area contributed by atoms with E-state index < -0.39 is 216 Å². The van der Waals surface area contributed by atoms with E-state index in [4.69, 9.17) is 34.4 Å². The number of hydrogen-bond acceptors (Lipinski definition) is 23. The van der Waals surface area contributed by atoms with Crippen molar-refractivity contribution in [3.63, 3.8) is 0 Å². The number of guanidine groups is 1. The van der Waals surface area contributed by atoms with Crippen molar-refractivity contribution in [2.24, 2.45) is 45.3 Å². The fourth-order valence-electron chi connectivity index (χ4n) is 8.45. The van der Waals surface area contributed by atoms with Gasteiger partial charge in [0.25, 0.3) is 0 Å². The fourth-order valence-corrected chi connectivity index (χ4v) is 10.8. The molecule has 28 N–H and O–H groups in total. The normalized spacial score (nSPS) is 21.7. The van der Waals surface area contributed by atoms with Gasteiger partial charge in [0.1, 0.15) is 72.5 Å². The largest absolute Gasteiger partial charge is 0.480 e. The quantitative estimate of drug-likeness (QED) is 0.0126. The van der Waals surface area contributed by atoms with Gasteiger partial charge in [-0.2, -0.15) is 0 Å². The van der Waals surface area contributed by atoms with Gasteiger partial charge in [0.2, 0.25) is 82.7 Å². The van der Waals surface area contributed by atoms with E-state index in [9.17, 15) is 92.3 Å². The van der Waals surface area contributed by atoms with Gasteiger partial charge in [0.15, 0.2) is 5.96 Å². The van der Waals surface area contributed by atoms with Crippen LogP contribution in [0.4, 0.5) is 0 Å². The molecule has 0 bridgehead atoms. The van der Waals surface area contributed by atoms with Crippen LogP contribution in [-0.4, -0.2) is 237 Å². The SMILES string of the molecule is CC(C)CC(NC(=O)C(CCCN=C(N)N)NC(=O)C(CCC(N)=O)NC(=O)C(NC(=O)C(C)NC(=O)C1CSSCC(NC(=O)C(N)CCCCN)C(=O)NC(CC(N)=O)C(=O)NC(C(C)O)C(=O)NC(C)C(=O)NC(C(C)O)C(=O)N1)C(C)O)C(=O)NC(C)C(=O)O. The minimum Gasteiger partial charge on any atom is -0.480 e. The molecular formula is C54H95N19O19S2. The minimum absolute atomic E-state index is 0.0103. The van der Waals surface area contributed by atoms with Gasteiger partial charge in [0, 0.05) is 24.5 Å². The number of hydrogen-bond donors (Lipinski definition) is 22. The summed E-state index contributed by atoms with van der Waals surface area (Å²) in [5.74, 6) is -18.1. The van der Waals surface area contributed by atoms with Crippen molar-refractivity contribution in [1.82, 2.24) is 63.8 Å². The zero-order valence-electron chi connectivity index (χ0n) is 53.6. The Bertz CT molecular complexity index is 2690. The van der Waals surface area contributed by atoms with Crippen molar-refractivity contribution in [1.29, 1.82) is 0 Å². The molecule has 1 aliphatic rings. The van der Waals surface area contributed by atoms with E-state index in [1.54, 1.807) is 13.8 Å². The highest BCUT2D eigenvalue weighted by atomic mass is 33.1. The summed E-state index contributed by atoms with van der Waals surface area (Å²) in [5, 5.41) is 69.6. The lowest BCUT2D eigenvalue weighted by Crippen LogP contribution is -2.63. The van der Waals surface area contributed by atoms with Crippen LogP contribution in [0, 0.1) is 5.92 Å². The van der Waals surface area contributed by atoms with Crippen LogP contribution < -0.4 is 98.2 Å². The highest BCUT2D eigenvalue weighted by molar-refractivity contribution is 8.76. The summed E-state index contributed by atoms with van der Waals surface area (Å²) in [6.45, 7) is 10.3. The standard InChI is InChI=1S/C54H95N19O19S2/c1-22(2)18-32(46(84)64-25(5)53(91)92)67-44(82)30(13-11-17-61-54(59)60)65-45(83)31(14-15-36(57)77)66-51(89)39(27(7)75)71-41(79)23(3)62-48(86)34-20-93-94-21-35(69-43(81)29(56)12-9-10-16-55)49(87)68-33(19-37(58)78)47(85)73-38(26(6)74)50(88)63-24(4)42(80)72-40(28(8)76)52(90)70-34/h22-35,38-40,74-76H,9-21,55-56H2,1-8H3,(H2,57,77)(H2,58,78)(H,62,86)(H,63,88)(H,64,84)(H,65,83)(H,66,89)(H,67,82)(H,68,87)(H,69,81)(H,70,90)(H,71,79)(H,72,80)(H,73,85)(H,91,92)(H4,59,60,61). The van der Waals surface area contributed by atoms with Crippen molar-refractivity contribution >= 4 is 116 Å². The number of aliphatic carboxylic acids is 1. The molecule has 1 heterocycles. The molecule has 0 radical (unpaired) electrons. The number of nitrogens with two attached hydrogens (primary N) is 6. The Morgan fingerprint density at radius 2 is 1.12 bits per heavy atom. The summed E-state index contributed by atoms with van der Waals surface area (Å²) in [7, 11) is 1.57. The molecule has 0 saturated carbocycles. The van der Waals surface area contributed by atoms with Crippen molar-refractivity contribution < 1.29 is 92.3 Å². The maximum Gasteiger partial charge on any atom is 0.325 e. The number of carbonyl (C=O) groups is 15. The number of aliphatic imine (C=N–C) groups is 1. The predicted molar refractivity (Wildman–Crippen MR) is 340 cm³/mol. The zero-order valence-corrected chi connectivity index (χ0v) is 55.3. The number of unbranched alkanes of at least 4 members (excludes halogenated alkanes) is 1. The zero-order chi connectivity index (χ0) is 71.9. The molecule has 0 aliphatic carbocycles. The van der Waals surface area contributed by atoms with Crippen molar-refractivity contribution in [2.75, 3.05) is 24.6 Å². The molecule has 16 unspecified atom stereocenters. The Labute approximate surface area is 550 Å². The van der Waals surface area contributed by atoms with Crippen LogP contribution in [0.25, 0.3) is 0 Å². The van der Waals surface area contributed by atoms with E-state index in [2.05, 4.69) is 68.8 Å². The number of carboxylic acids is 1. The van der Waals surface area contributed by atoms with Crippen LogP contribution in [0.1, 0.15) is 113 Å². The van der Waals surface area contributed by atoms with Gasteiger partial charge in [-0.05, 0) is 92.5 Å². The van der Waals surface area contributed by atoms with Crippen LogP contribution in [0.2, 0.25) is 0 Å². The molecule has 1 saturated heterocycles. The first-order valence-electron chi connectivity index (χ1n) is 30.0. The second-order valence-corrected chi connectivity index (χ2v) is 25.3. The lowest BCUT2D eigenvalue weighted by atomic mass is 10.0. The number of carboxylic acid groups (broad SMARTS) is 1. The third-order valence-electron chi connectivity index (χ3n) is 13.8.